The van der Waals surface area contributed by atoms with Crippen LogP contribution in [-0.2, 0) is 11.8 Å². The van der Waals surface area contributed by atoms with Crippen LogP contribution in [0.25, 0.3) is 0 Å². The highest BCUT2D eigenvalue weighted by Crippen LogP contribution is 2.28. The van der Waals surface area contributed by atoms with Crippen LogP contribution in [0, 0.1) is 6.92 Å². The molecule has 1 unspecified atom stereocenters. The summed E-state index contributed by atoms with van der Waals surface area (Å²) in [5, 5.41) is 7.18. The quantitative estimate of drug-likeness (QED) is 0.540. The van der Waals surface area contributed by atoms with Crippen LogP contribution in [0.1, 0.15) is 54.3 Å². The molecule has 0 aliphatic rings. The highest BCUT2D eigenvalue weighted by Gasteiger charge is 2.14. The summed E-state index contributed by atoms with van der Waals surface area (Å²) in [6.45, 7) is 5.80. The lowest BCUT2D eigenvalue weighted by Gasteiger charge is -2.14. The highest BCUT2D eigenvalue weighted by molar-refractivity contribution is 5.94. The van der Waals surface area contributed by atoms with E-state index in [9.17, 15) is 9.59 Å². The van der Waals surface area contributed by atoms with E-state index in [-0.39, 0.29) is 17.7 Å². The van der Waals surface area contributed by atoms with Crippen LogP contribution in [0.5, 0.6) is 11.5 Å². The molecule has 0 spiro atoms. The molecule has 1 aromatic heterocycles. The minimum absolute atomic E-state index is 0.0329. The van der Waals surface area contributed by atoms with Crippen molar-refractivity contribution < 1.29 is 19.1 Å². The molecule has 1 N–H and O–H groups in total. The van der Waals surface area contributed by atoms with Crippen LogP contribution < -0.4 is 14.8 Å². The first-order valence-corrected chi connectivity index (χ1v) is 8.93. The van der Waals surface area contributed by atoms with Crippen molar-refractivity contribution in [1.29, 1.82) is 0 Å². The summed E-state index contributed by atoms with van der Waals surface area (Å²) in [7, 11) is 3.41. The Kier molecular flexibility index (Phi) is 6.98. The van der Waals surface area contributed by atoms with Crippen LogP contribution in [0.4, 0.5) is 0 Å². The monoisotopic (exact) mass is 373 g/mol. The minimum atomic E-state index is -0.0914. The summed E-state index contributed by atoms with van der Waals surface area (Å²) in [5.74, 6) is 0.998. The van der Waals surface area contributed by atoms with Crippen molar-refractivity contribution in [1.82, 2.24) is 15.1 Å². The maximum absolute atomic E-state index is 12.1. The smallest absolute Gasteiger partial charge is 0.220 e. The van der Waals surface area contributed by atoms with Gasteiger partial charge in [-0.1, -0.05) is 0 Å². The average Bonchev–Trinajstić information content (AvgIpc) is 2.97. The van der Waals surface area contributed by atoms with Crippen LogP contribution in [0.3, 0.4) is 0 Å². The van der Waals surface area contributed by atoms with Gasteiger partial charge in [-0.3, -0.25) is 14.3 Å². The molecule has 0 saturated heterocycles. The summed E-state index contributed by atoms with van der Waals surface area (Å²) >= 11 is 0. The second kappa shape index (κ2) is 9.21. The zero-order valence-electron chi connectivity index (χ0n) is 16.5. The van der Waals surface area contributed by atoms with Crippen molar-refractivity contribution >= 4 is 11.7 Å². The highest BCUT2D eigenvalue weighted by atomic mass is 16.5. The Labute approximate surface area is 159 Å². The van der Waals surface area contributed by atoms with Crippen molar-refractivity contribution in [3.05, 3.63) is 41.2 Å². The molecule has 0 bridgehead atoms. The average molecular weight is 373 g/mol. The molecule has 1 atom stereocenters. The largest absolute Gasteiger partial charge is 0.493 e. The van der Waals surface area contributed by atoms with Crippen LogP contribution in [0.2, 0.25) is 0 Å². The van der Waals surface area contributed by atoms with Gasteiger partial charge in [-0.05, 0) is 45.4 Å². The van der Waals surface area contributed by atoms with Gasteiger partial charge in [0, 0.05) is 30.3 Å². The lowest BCUT2D eigenvalue weighted by atomic mass is 10.1. The van der Waals surface area contributed by atoms with Crippen molar-refractivity contribution in [2.45, 2.75) is 39.7 Å². The maximum Gasteiger partial charge on any atom is 0.220 e. The van der Waals surface area contributed by atoms with Crippen molar-refractivity contribution in [3.63, 3.8) is 0 Å². The zero-order chi connectivity index (χ0) is 20.0. The molecule has 0 saturated carbocycles. The predicted octanol–water partition coefficient (Wildman–Crippen LogP) is 2.98. The first-order valence-electron chi connectivity index (χ1n) is 8.93. The number of amides is 1. The Morgan fingerprint density at radius 1 is 1.30 bits per heavy atom. The number of aromatic nitrogens is 2. The van der Waals surface area contributed by atoms with E-state index in [0.29, 0.717) is 36.5 Å². The zero-order valence-corrected chi connectivity index (χ0v) is 16.5. The number of ether oxygens (including phenoxy) is 2. The molecule has 7 nitrogen and oxygen atoms in total. The second-order valence-electron chi connectivity index (χ2n) is 6.47. The van der Waals surface area contributed by atoms with Gasteiger partial charge in [0.25, 0.3) is 0 Å². The maximum atomic E-state index is 12.1. The molecule has 0 radical (unpaired) electrons. The van der Waals surface area contributed by atoms with Gasteiger partial charge in [0.2, 0.25) is 5.91 Å². The van der Waals surface area contributed by atoms with Crippen molar-refractivity contribution in [2.75, 3.05) is 13.7 Å². The van der Waals surface area contributed by atoms with Crippen LogP contribution in [-0.4, -0.2) is 35.2 Å². The normalized spacial score (nSPS) is 11.7. The lowest BCUT2D eigenvalue weighted by Crippen LogP contribution is -2.27. The van der Waals surface area contributed by atoms with Crippen LogP contribution in [0.15, 0.2) is 24.4 Å². The van der Waals surface area contributed by atoms with Crippen LogP contribution >= 0.6 is 0 Å². The minimum Gasteiger partial charge on any atom is -0.493 e. The third-order valence-corrected chi connectivity index (χ3v) is 4.49. The van der Waals surface area contributed by atoms with Gasteiger partial charge in [0.05, 0.1) is 26.0 Å². The number of rotatable bonds is 9. The molecule has 146 valence electrons. The lowest BCUT2D eigenvalue weighted by molar-refractivity contribution is -0.121. The van der Waals surface area contributed by atoms with Gasteiger partial charge in [-0.15, -0.1) is 0 Å². The molecular weight excluding hydrogens is 346 g/mol. The Balaban J connectivity index is 1.80. The fourth-order valence-corrected chi connectivity index (χ4v) is 2.75. The first-order chi connectivity index (χ1) is 12.8. The molecule has 0 aliphatic carbocycles. The Bertz CT molecular complexity index is 814. The fourth-order valence-electron chi connectivity index (χ4n) is 2.75. The van der Waals surface area contributed by atoms with Gasteiger partial charge in [0.15, 0.2) is 17.3 Å². The number of benzene rings is 1. The summed E-state index contributed by atoms with van der Waals surface area (Å²) in [5.41, 5.74) is 2.61. The molecule has 0 fully saturated rings. The SMILES string of the molecule is COc1cc(C(C)=O)ccc1OCCCC(=O)NC(C)c1cnn(C)c1C. The number of methoxy groups -OCH3 is 1. The summed E-state index contributed by atoms with van der Waals surface area (Å²) in [6.07, 6.45) is 2.71. The molecule has 1 heterocycles. The second-order valence-corrected chi connectivity index (χ2v) is 6.47. The Hall–Kier alpha value is -2.83. The first kappa shape index (κ1) is 20.5. The summed E-state index contributed by atoms with van der Waals surface area (Å²) in [6, 6.07) is 4.97. The van der Waals surface area contributed by atoms with Gasteiger partial charge in [0.1, 0.15) is 0 Å². The molecule has 1 amide bonds. The molecule has 27 heavy (non-hydrogen) atoms. The molecular formula is C20H27N3O4. The van der Waals surface area contributed by atoms with Gasteiger partial charge < -0.3 is 14.8 Å². The Morgan fingerprint density at radius 2 is 2.04 bits per heavy atom. The van der Waals surface area contributed by atoms with E-state index >= 15 is 0 Å². The number of Topliss-reactive ketones (excluding diaryl/α,β-unsaturated/α-hetero) is 1. The molecule has 2 rings (SSSR count). The number of carbonyl (C=O) groups excluding carboxylic acids is 2. The van der Waals surface area contributed by atoms with E-state index in [4.69, 9.17) is 9.47 Å². The van der Waals surface area contributed by atoms with Crippen molar-refractivity contribution in [2.24, 2.45) is 7.05 Å². The summed E-state index contributed by atoms with van der Waals surface area (Å²) in [4.78, 5) is 23.6. The number of hydrogen-bond donors (Lipinski definition) is 1. The van der Waals surface area contributed by atoms with E-state index in [1.54, 1.807) is 29.1 Å². The number of nitrogens with zero attached hydrogens (tertiary/aromatic N) is 2. The number of aryl methyl sites for hydroxylation is 1. The standard InChI is InChI=1S/C20H27N3O4/c1-13(17-12-21-23(4)14(17)2)22-20(25)7-6-10-27-18-9-8-16(15(3)24)11-19(18)26-5/h8-9,11-13H,6-7,10H2,1-5H3,(H,22,25). The topological polar surface area (TPSA) is 82.4 Å². The van der Waals surface area contributed by atoms with Gasteiger partial charge in [-0.2, -0.15) is 5.10 Å². The molecule has 7 heteroatoms. The summed E-state index contributed by atoms with van der Waals surface area (Å²) < 4.78 is 12.7. The molecule has 2 aromatic rings. The number of nitrogens with one attached hydrogen (secondary N) is 1. The van der Waals surface area contributed by atoms with E-state index in [0.717, 1.165) is 11.3 Å². The fraction of sp³-hybridized carbons (Fsp3) is 0.450. The molecule has 1 aromatic carbocycles. The Morgan fingerprint density at radius 3 is 2.63 bits per heavy atom. The molecule has 0 aliphatic heterocycles. The van der Waals surface area contributed by atoms with E-state index < -0.39 is 0 Å². The van der Waals surface area contributed by atoms with E-state index in [1.165, 1.54) is 14.0 Å². The number of ketones is 1. The van der Waals surface area contributed by atoms with E-state index in [1.807, 2.05) is 20.9 Å². The van der Waals surface area contributed by atoms with Gasteiger partial charge >= 0.3 is 0 Å². The predicted molar refractivity (Wildman–Crippen MR) is 102 cm³/mol. The van der Waals surface area contributed by atoms with Gasteiger partial charge in [-0.25, -0.2) is 0 Å². The van der Waals surface area contributed by atoms with E-state index in [2.05, 4.69) is 10.4 Å². The third kappa shape index (κ3) is 5.32. The van der Waals surface area contributed by atoms with Crippen molar-refractivity contribution in [3.8, 4) is 11.5 Å². The third-order valence-electron chi connectivity index (χ3n) is 4.49. The number of carbonyl (C=O) groups is 2. The number of hydrogen-bond acceptors (Lipinski definition) is 5.